The third kappa shape index (κ3) is 4.33. The summed E-state index contributed by atoms with van der Waals surface area (Å²) in [4.78, 5) is 14.8. The molecule has 0 saturated carbocycles. The van der Waals surface area contributed by atoms with Crippen molar-refractivity contribution in [3.8, 4) is 11.1 Å². The van der Waals surface area contributed by atoms with Gasteiger partial charge in [-0.25, -0.2) is 4.79 Å². The fourth-order valence-corrected chi connectivity index (χ4v) is 6.09. The lowest BCUT2D eigenvalue weighted by molar-refractivity contribution is 0.106. The Hall–Kier alpha value is -2.59. The summed E-state index contributed by atoms with van der Waals surface area (Å²) in [6, 6.07) is 21.4. The van der Waals surface area contributed by atoms with Gasteiger partial charge in [-0.2, -0.15) is 0 Å². The van der Waals surface area contributed by atoms with Gasteiger partial charge in [0.2, 0.25) is 0 Å². The number of carbonyl (C=O) groups excluding carboxylic acids is 1. The Labute approximate surface area is 204 Å². The number of halogens is 1. The quantitative estimate of drug-likeness (QED) is 0.370. The minimum absolute atomic E-state index is 0.108. The van der Waals surface area contributed by atoms with Gasteiger partial charge in [-0.3, -0.25) is 0 Å². The van der Waals surface area contributed by atoms with Crippen molar-refractivity contribution in [2.24, 2.45) is 5.92 Å². The molecular weight excluding hydrogens is 474 g/mol. The lowest BCUT2D eigenvalue weighted by Gasteiger charge is -2.20. The average molecular weight is 504 g/mol. The largest absolute Gasteiger partial charge is 0.448 e. The minimum atomic E-state index is -0.181. The highest BCUT2D eigenvalue weighted by Crippen LogP contribution is 2.44. The summed E-state index contributed by atoms with van der Waals surface area (Å²) >= 11 is 3.66. The summed E-state index contributed by atoms with van der Waals surface area (Å²) in [5, 5.41) is 0. The van der Waals surface area contributed by atoms with Crippen LogP contribution in [0.25, 0.3) is 11.1 Å². The zero-order valence-corrected chi connectivity index (χ0v) is 20.9. The molecule has 1 saturated heterocycles. The van der Waals surface area contributed by atoms with Crippen LogP contribution in [0.5, 0.6) is 0 Å². The van der Waals surface area contributed by atoms with Crippen LogP contribution >= 0.6 is 15.9 Å². The number of hydrogen-bond donors (Lipinski definition) is 0. The molecule has 3 aromatic carbocycles. The number of fused-ring (bicyclic) bond motifs is 3. The number of carbonyl (C=O) groups is 1. The third-order valence-corrected chi connectivity index (χ3v) is 7.82. The highest BCUT2D eigenvalue weighted by Gasteiger charge is 2.32. The van der Waals surface area contributed by atoms with E-state index in [0.29, 0.717) is 12.5 Å². The molecule has 0 bridgehead atoms. The molecule has 3 aromatic rings. The molecule has 170 valence electrons. The second kappa shape index (κ2) is 9.34. The van der Waals surface area contributed by atoms with Gasteiger partial charge >= 0.3 is 6.09 Å². The van der Waals surface area contributed by atoms with Gasteiger partial charge < -0.3 is 9.64 Å². The second-order valence-corrected chi connectivity index (χ2v) is 10.2. The zero-order valence-electron chi connectivity index (χ0n) is 19.3. The van der Waals surface area contributed by atoms with E-state index in [4.69, 9.17) is 4.74 Å². The van der Waals surface area contributed by atoms with Crippen LogP contribution in [0.2, 0.25) is 0 Å². The first kappa shape index (κ1) is 22.2. The molecule has 5 rings (SSSR count). The Bertz CT molecular complexity index is 1140. The van der Waals surface area contributed by atoms with Crippen LogP contribution < -0.4 is 0 Å². The van der Waals surface area contributed by atoms with Gasteiger partial charge in [0.25, 0.3) is 0 Å². The molecule has 0 spiro atoms. The Morgan fingerprint density at radius 3 is 2.33 bits per heavy atom. The highest BCUT2D eigenvalue weighted by atomic mass is 79.9. The Balaban J connectivity index is 1.22. The molecule has 1 amide bonds. The predicted molar refractivity (Wildman–Crippen MR) is 137 cm³/mol. The second-order valence-electron chi connectivity index (χ2n) is 9.31. The van der Waals surface area contributed by atoms with E-state index in [1.807, 2.05) is 4.90 Å². The van der Waals surface area contributed by atoms with Gasteiger partial charge in [-0.1, -0.05) is 71.4 Å². The molecule has 1 aliphatic heterocycles. The number of likely N-dealkylation sites (tertiary alicyclic amines) is 1. The predicted octanol–water partition coefficient (Wildman–Crippen LogP) is 7.13. The molecule has 33 heavy (non-hydrogen) atoms. The first-order valence-corrected chi connectivity index (χ1v) is 12.7. The van der Waals surface area contributed by atoms with Crippen molar-refractivity contribution in [3.63, 3.8) is 0 Å². The molecule has 3 nitrogen and oxygen atoms in total. The number of nitrogens with zero attached hydrogens (tertiary/aromatic N) is 1. The Morgan fingerprint density at radius 1 is 1.03 bits per heavy atom. The van der Waals surface area contributed by atoms with Crippen molar-refractivity contribution in [2.75, 3.05) is 19.7 Å². The number of rotatable bonds is 5. The Morgan fingerprint density at radius 2 is 1.67 bits per heavy atom. The van der Waals surface area contributed by atoms with E-state index in [1.54, 1.807) is 0 Å². The highest BCUT2D eigenvalue weighted by molar-refractivity contribution is 9.10. The van der Waals surface area contributed by atoms with Crippen molar-refractivity contribution in [1.82, 2.24) is 4.90 Å². The van der Waals surface area contributed by atoms with Gasteiger partial charge in [0.1, 0.15) is 6.61 Å². The number of hydrogen-bond acceptors (Lipinski definition) is 2. The first-order chi connectivity index (χ1) is 16.0. The van der Waals surface area contributed by atoms with E-state index >= 15 is 0 Å². The number of ether oxygens (including phenoxy) is 1. The van der Waals surface area contributed by atoms with Crippen molar-refractivity contribution < 1.29 is 9.53 Å². The summed E-state index contributed by atoms with van der Waals surface area (Å²) in [7, 11) is 0. The van der Waals surface area contributed by atoms with Gasteiger partial charge in [-0.15, -0.1) is 0 Å². The molecular formula is C29H30BrNO2. The van der Waals surface area contributed by atoms with Gasteiger partial charge in [0.05, 0.1) is 0 Å². The van der Waals surface area contributed by atoms with Crippen LogP contribution in [0.15, 0.2) is 65.1 Å². The molecule has 1 heterocycles. The van der Waals surface area contributed by atoms with Crippen LogP contribution in [-0.4, -0.2) is 30.7 Å². The molecule has 2 aliphatic rings. The van der Waals surface area contributed by atoms with E-state index < -0.39 is 0 Å². The van der Waals surface area contributed by atoms with E-state index in [2.05, 4.69) is 90.4 Å². The molecule has 0 radical (unpaired) electrons. The molecule has 0 N–H and O–H groups in total. The summed E-state index contributed by atoms with van der Waals surface area (Å²) < 4.78 is 7.03. The van der Waals surface area contributed by atoms with Gasteiger partial charge in [0.15, 0.2) is 0 Å². The first-order valence-electron chi connectivity index (χ1n) is 11.9. The van der Waals surface area contributed by atoms with Crippen molar-refractivity contribution in [1.29, 1.82) is 0 Å². The molecule has 1 aliphatic carbocycles. The SMILES string of the molecule is CCc1cc(Br)cc(CC2CCN(C(=O)OCC3c4ccccc4-c4ccccc43)C2)c1C. The topological polar surface area (TPSA) is 29.5 Å². The maximum Gasteiger partial charge on any atom is 0.409 e. The molecule has 1 unspecified atom stereocenters. The van der Waals surface area contributed by atoms with Crippen LogP contribution in [-0.2, 0) is 17.6 Å². The van der Waals surface area contributed by atoms with E-state index in [0.717, 1.165) is 36.8 Å². The Kier molecular flexibility index (Phi) is 6.29. The van der Waals surface area contributed by atoms with E-state index in [1.165, 1.54) is 38.9 Å². The minimum Gasteiger partial charge on any atom is -0.448 e. The van der Waals surface area contributed by atoms with E-state index in [9.17, 15) is 4.79 Å². The number of aryl methyl sites for hydroxylation is 1. The van der Waals surface area contributed by atoms with Gasteiger partial charge in [0, 0.05) is 23.5 Å². The maximum atomic E-state index is 12.9. The molecule has 0 aromatic heterocycles. The van der Waals surface area contributed by atoms with Gasteiger partial charge in [-0.05, 0) is 83.2 Å². The monoisotopic (exact) mass is 503 g/mol. The normalized spacial score (nSPS) is 17.2. The summed E-state index contributed by atoms with van der Waals surface area (Å²) in [6.07, 6.45) is 2.89. The molecule has 1 fully saturated rings. The summed E-state index contributed by atoms with van der Waals surface area (Å²) in [6.45, 7) is 6.35. The molecule has 4 heteroatoms. The standard InChI is InChI=1S/C29H30BrNO2/c1-3-21-15-23(30)16-22(19(21)2)14-20-12-13-31(17-20)29(32)33-18-28-26-10-6-4-8-24(26)25-9-5-7-11-27(25)28/h4-11,15-16,20,28H,3,12-14,17-18H2,1-2H3. The lowest BCUT2D eigenvalue weighted by atomic mass is 9.92. The van der Waals surface area contributed by atoms with Crippen LogP contribution in [0, 0.1) is 12.8 Å². The smallest absolute Gasteiger partial charge is 0.409 e. The zero-order chi connectivity index (χ0) is 22.9. The summed E-state index contributed by atoms with van der Waals surface area (Å²) in [5.41, 5.74) is 9.19. The van der Waals surface area contributed by atoms with E-state index in [-0.39, 0.29) is 12.0 Å². The van der Waals surface area contributed by atoms with Crippen LogP contribution in [0.1, 0.15) is 47.1 Å². The number of benzene rings is 3. The van der Waals surface area contributed by atoms with Crippen LogP contribution in [0.4, 0.5) is 4.79 Å². The maximum absolute atomic E-state index is 12.9. The van der Waals surface area contributed by atoms with Crippen molar-refractivity contribution >= 4 is 22.0 Å². The van der Waals surface area contributed by atoms with Crippen LogP contribution in [0.3, 0.4) is 0 Å². The lowest BCUT2D eigenvalue weighted by Crippen LogP contribution is -2.30. The fraction of sp³-hybridized carbons (Fsp3) is 0.345. The number of amides is 1. The fourth-order valence-electron chi connectivity index (χ4n) is 5.54. The van der Waals surface area contributed by atoms with Crippen molar-refractivity contribution in [3.05, 3.63) is 93.0 Å². The molecule has 1 atom stereocenters. The average Bonchev–Trinajstić information content (AvgIpc) is 3.42. The third-order valence-electron chi connectivity index (χ3n) is 7.36. The van der Waals surface area contributed by atoms with Crippen molar-refractivity contribution in [2.45, 2.75) is 39.0 Å². The summed E-state index contributed by atoms with van der Waals surface area (Å²) in [5.74, 6) is 0.583.